The highest BCUT2D eigenvalue weighted by molar-refractivity contribution is 4.67. The minimum Gasteiger partial charge on any atom is -0.322 e. The van der Waals surface area contributed by atoms with Gasteiger partial charge in [0.25, 0.3) is 0 Å². The molecule has 1 heteroatoms. The van der Waals surface area contributed by atoms with Crippen LogP contribution in [-0.4, -0.2) is 30.2 Å². The minimum absolute atomic E-state index is 0.985. The van der Waals surface area contributed by atoms with E-state index >= 15 is 0 Å². The van der Waals surface area contributed by atoms with E-state index < -0.39 is 0 Å². The third-order valence-corrected chi connectivity index (χ3v) is 4.28. The molecule has 1 saturated carbocycles. The molecule has 0 amide bonds. The second-order valence-corrected chi connectivity index (χ2v) is 4.87. The van der Waals surface area contributed by atoms with Gasteiger partial charge in [-0.2, -0.15) is 0 Å². The van der Waals surface area contributed by atoms with Gasteiger partial charge in [0.15, 0.2) is 0 Å². The molecule has 1 rings (SSSR count). The van der Waals surface area contributed by atoms with Gasteiger partial charge in [-0.1, -0.05) is 13.3 Å². The number of hydrogen-bond acceptors (Lipinski definition) is 0. The molecule has 0 unspecified atom stereocenters. The van der Waals surface area contributed by atoms with Crippen LogP contribution >= 0.6 is 0 Å². The maximum absolute atomic E-state index is 2.38. The number of hydrogen-bond donors (Lipinski definition) is 0. The molecular formula is C13H28N+. The molecule has 0 N–H and O–H groups in total. The first kappa shape index (κ1) is 12.0. The summed E-state index contributed by atoms with van der Waals surface area (Å²) in [6.07, 6.45) is 8.76. The van der Waals surface area contributed by atoms with Crippen LogP contribution in [0.1, 0.15) is 59.3 Å². The van der Waals surface area contributed by atoms with Crippen molar-refractivity contribution in [1.29, 1.82) is 0 Å². The molecule has 0 heterocycles. The van der Waals surface area contributed by atoms with Gasteiger partial charge in [-0.15, -0.1) is 0 Å². The Morgan fingerprint density at radius 2 is 1.50 bits per heavy atom. The second kappa shape index (κ2) is 5.75. The van der Waals surface area contributed by atoms with Crippen LogP contribution in [0, 0.1) is 0 Å². The van der Waals surface area contributed by atoms with Crippen LogP contribution in [-0.2, 0) is 0 Å². The van der Waals surface area contributed by atoms with E-state index in [9.17, 15) is 0 Å². The molecular weight excluding hydrogens is 170 g/mol. The van der Waals surface area contributed by atoms with Crippen molar-refractivity contribution in [3.05, 3.63) is 0 Å². The summed E-state index contributed by atoms with van der Waals surface area (Å²) >= 11 is 0. The van der Waals surface area contributed by atoms with Gasteiger partial charge in [-0.25, -0.2) is 0 Å². The van der Waals surface area contributed by atoms with E-state index in [1.54, 1.807) is 0 Å². The van der Waals surface area contributed by atoms with Gasteiger partial charge in [0.05, 0.1) is 25.7 Å². The van der Waals surface area contributed by atoms with Crippen LogP contribution in [0.25, 0.3) is 0 Å². The van der Waals surface area contributed by atoms with E-state index in [0.29, 0.717) is 0 Å². The lowest BCUT2D eigenvalue weighted by molar-refractivity contribution is -0.949. The van der Waals surface area contributed by atoms with Gasteiger partial charge < -0.3 is 4.48 Å². The molecule has 1 aliphatic rings. The van der Waals surface area contributed by atoms with E-state index in [1.165, 1.54) is 62.6 Å². The zero-order chi connectivity index (χ0) is 10.4. The molecule has 0 bridgehead atoms. The lowest BCUT2D eigenvalue weighted by Gasteiger charge is -2.45. The van der Waals surface area contributed by atoms with E-state index in [4.69, 9.17) is 0 Å². The Hall–Kier alpha value is -0.0400. The summed E-state index contributed by atoms with van der Waals surface area (Å²) in [7, 11) is 0. The van der Waals surface area contributed by atoms with Crippen molar-refractivity contribution in [3.63, 3.8) is 0 Å². The summed E-state index contributed by atoms with van der Waals surface area (Å²) in [5.74, 6) is 0. The average molecular weight is 198 g/mol. The highest BCUT2D eigenvalue weighted by Gasteiger charge is 2.33. The van der Waals surface area contributed by atoms with Crippen molar-refractivity contribution in [1.82, 2.24) is 0 Å². The Morgan fingerprint density at radius 3 is 1.93 bits per heavy atom. The van der Waals surface area contributed by atoms with E-state index in [0.717, 1.165) is 6.04 Å². The van der Waals surface area contributed by atoms with Gasteiger partial charge in [0.1, 0.15) is 0 Å². The summed E-state index contributed by atoms with van der Waals surface area (Å²) < 4.78 is 1.40. The van der Waals surface area contributed by atoms with Gasteiger partial charge in [-0.3, -0.25) is 0 Å². The van der Waals surface area contributed by atoms with Crippen LogP contribution in [0.15, 0.2) is 0 Å². The third kappa shape index (κ3) is 2.50. The largest absolute Gasteiger partial charge is 0.322 e. The zero-order valence-corrected chi connectivity index (χ0v) is 10.4. The monoisotopic (exact) mass is 198 g/mol. The molecule has 0 spiro atoms. The Morgan fingerprint density at radius 1 is 0.929 bits per heavy atom. The number of nitrogens with zero attached hydrogens (tertiary/aromatic N) is 1. The summed E-state index contributed by atoms with van der Waals surface area (Å²) in [6.45, 7) is 11.2. The first-order valence-corrected chi connectivity index (χ1v) is 6.64. The van der Waals surface area contributed by atoms with E-state index in [2.05, 4.69) is 20.8 Å². The average Bonchev–Trinajstić information content (AvgIpc) is 2.27. The second-order valence-electron chi connectivity index (χ2n) is 4.87. The van der Waals surface area contributed by atoms with E-state index in [1.807, 2.05) is 0 Å². The van der Waals surface area contributed by atoms with E-state index in [-0.39, 0.29) is 0 Å². The number of quaternary nitrogens is 1. The molecule has 1 fully saturated rings. The van der Waals surface area contributed by atoms with Gasteiger partial charge in [0.2, 0.25) is 0 Å². The van der Waals surface area contributed by atoms with Crippen molar-refractivity contribution in [2.24, 2.45) is 0 Å². The van der Waals surface area contributed by atoms with Crippen molar-refractivity contribution in [2.75, 3.05) is 19.6 Å². The summed E-state index contributed by atoms with van der Waals surface area (Å²) in [5, 5.41) is 0. The normalized spacial score (nSPS) is 19.9. The summed E-state index contributed by atoms with van der Waals surface area (Å²) in [5.41, 5.74) is 0. The van der Waals surface area contributed by atoms with Crippen molar-refractivity contribution >= 4 is 0 Å². The molecule has 0 aromatic heterocycles. The number of rotatable bonds is 5. The smallest absolute Gasteiger partial charge is 0.0890 e. The highest BCUT2D eigenvalue weighted by atomic mass is 15.4. The third-order valence-electron chi connectivity index (χ3n) is 4.28. The fourth-order valence-corrected chi connectivity index (χ4v) is 3.31. The molecule has 0 aromatic rings. The molecule has 14 heavy (non-hydrogen) atoms. The quantitative estimate of drug-likeness (QED) is 0.592. The Bertz CT molecular complexity index is 143. The maximum atomic E-state index is 2.38. The first-order valence-electron chi connectivity index (χ1n) is 6.64. The van der Waals surface area contributed by atoms with Crippen molar-refractivity contribution in [3.8, 4) is 0 Å². The lowest BCUT2D eigenvalue weighted by atomic mass is 9.92. The SMILES string of the molecule is CCC[N+](CC)(CC)C1CCCCC1. The fraction of sp³-hybridized carbons (Fsp3) is 1.00. The molecule has 0 atom stereocenters. The Balaban J connectivity index is 2.62. The minimum atomic E-state index is 0.985. The summed E-state index contributed by atoms with van der Waals surface area (Å²) in [6, 6.07) is 0.985. The summed E-state index contributed by atoms with van der Waals surface area (Å²) in [4.78, 5) is 0. The molecule has 1 aliphatic carbocycles. The standard InChI is InChI=1S/C13H28N/c1-4-12-14(5-2,6-3)13-10-8-7-9-11-13/h13H,4-12H2,1-3H3/q+1. The Kier molecular flexibility index (Phi) is 4.94. The lowest BCUT2D eigenvalue weighted by Crippen LogP contribution is -2.56. The molecule has 0 aromatic carbocycles. The highest BCUT2D eigenvalue weighted by Crippen LogP contribution is 2.28. The maximum Gasteiger partial charge on any atom is 0.0890 e. The van der Waals surface area contributed by atoms with Crippen molar-refractivity contribution < 1.29 is 4.48 Å². The Labute approximate surface area is 90.1 Å². The van der Waals surface area contributed by atoms with Crippen LogP contribution in [0.5, 0.6) is 0 Å². The van der Waals surface area contributed by atoms with Crippen LogP contribution in [0.3, 0.4) is 0 Å². The first-order chi connectivity index (χ1) is 6.79. The van der Waals surface area contributed by atoms with Crippen LogP contribution in [0.4, 0.5) is 0 Å². The zero-order valence-electron chi connectivity index (χ0n) is 10.4. The topological polar surface area (TPSA) is 0 Å². The fourth-order valence-electron chi connectivity index (χ4n) is 3.31. The molecule has 0 radical (unpaired) electrons. The van der Waals surface area contributed by atoms with Gasteiger partial charge in [-0.05, 0) is 46.0 Å². The molecule has 84 valence electrons. The molecule has 0 aliphatic heterocycles. The molecule has 0 saturated heterocycles. The van der Waals surface area contributed by atoms with Gasteiger partial charge in [0, 0.05) is 0 Å². The van der Waals surface area contributed by atoms with Crippen molar-refractivity contribution in [2.45, 2.75) is 65.3 Å². The predicted molar refractivity (Wildman–Crippen MR) is 63.4 cm³/mol. The van der Waals surface area contributed by atoms with Crippen LogP contribution in [0.2, 0.25) is 0 Å². The van der Waals surface area contributed by atoms with Crippen LogP contribution < -0.4 is 0 Å². The molecule has 1 nitrogen and oxygen atoms in total. The van der Waals surface area contributed by atoms with Gasteiger partial charge >= 0.3 is 0 Å². The predicted octanol–water partition coefficient (Wildman–Crippen LogP) is 3.59.